The molecule has 2 aliphatic rings. The lowest BCUT2D eigenvalue weighted by Crippen LogP contribution is -2.67. The predicted octanol–water partition coefficient (Wildman–Crippen LogP) is 2.49. The second kappa shape index (κ2) is 6.88. The Hall–Kier alpha value is -3.42. The summed E-state index contributed by atoms with van der Waals surface area (Å²) >= 11 is 0. The molecule has 0 radical (unpaired) electrons. The zero-order valence-corrected chi connectivity index (χ0v) is 16.0. The molecule has 2 aromatic carbocycles. The van der Waals surface area contributed by atoms with E-state index in [2.05, 4.69) is 0 Å². The van der Waals surface area contributed by atoms with Crippen molar-refractivity contribution in [2.45, 2.75) is 25.1 Å². The molecule has 4 rings (SSSR count). The zero-order valence-electron chi connectivity index (χ0n) is 16.0. The number of esters is 1. The number of amides is 2. The summed E-state index contributed by atoms with van der Waals surface area (Å²) in [5, 5.41) is 0. The van der Waals surface area contributed by atoms with Gasteiger partial charge in [0, 0.05) is 19.9 Å². The van der Waals surface area contributed by atoms with Gasteiger partial charge in [-0.15, -0.1) is 0 Å². The largest absolute Gasteiger partial charge is 0.494 e. The van der Waals surface area contributed by atoms with Crippen molar-refractivity contribution < 1.29 is 28.2 Å². The van der Waals surface area contributed by atoms with E-state index in [4.69, 9.17) is 9.47 Å². The average molecular weight is 398 g/mol. The van der Waals surface area contributed by atoms with Gasteiger partial charge in [-0.25, -0.2) is 9.18 Å². The molecule has 0 bridgehead atoms. The highest BCUT2D eigenvalue weighted by atomic mass is 19.1. The van der Waals surface area contributed by atoms with Crippen molar-refractivity contribution >= 4 is 23.5 Å². The van der Waals surface area contributed by atoms with E-state index in [1.54, 1.807) is 30.3 Å². The lowest BCUT2D eigenvalue weighted by Gasteiger charge is -2.46. The molecule has 7 nitrogen and oxygen atoms in total. The third-order valence-corrected chi connectivity index (χ3v) is 5.45. The topological polar surface area (TPSA) is 76.1 Å². The Morgan fingerprint density at radius 2 is 1.97 bits per heavy atom. The van der Waals surface area contributed by atoms with Gasteiger partial charge in [-0.1, -0.05) is 18.2 Å². The molecule has 2 amide bonds. The highest BCUT2D eigenvalue weighted by molar-refractivity contribution is 6.15. The molecule has 2 aliphatic heterocycles. The molecule has 0 unspecified atom stereocenters. The molecule has 0 saturated carbocycles. The van der Waals surface area contributed by atoms with E-state index in [0.29, 0.717) is 16.8 Å². The van der Waals surface area contributed by atoms with E-state index in [1.807, 2.05) is 0 Å². The molecule has 0 aromatic heterocycles. The minimum atomic E-state index is -1.55. The lowest BCUT2D eigenvalue weighted by molar-refractivity contribution is -0.157. The molecule has 150 valence electrons. The number of methoxy groups -OCH3 is 1. The van der Waals surface area contributed by atoms with Crippen molar-refractivity contribution in [3.8, 4) is 5.75 Å². The molecule has 1 fully saturated rings. The van der Waals surface area contributed by atoms with E-state index in [0.717, 1.165) is 0 Å². The summed E-state index contributed by atoms with van der Waals surface area (Å²) in [6.07, 6.45) is 0.233. The molecule has 29 heavy (non-hydrogen) atoms. The molecule has 2 heterocycles. The van der Waals surface area contributed by atoms with Crippen molar-refractivity contribution in [3.05, 3.63) is 59.4 Å². The summed E-state index contributed by atoms with van der Waals surface area (Å²) in [5.74, 6) is -1.84. The number of likely N-dealkylation sites (N-methyl/N-ethyl adjacent to an activating group) is 1. The van der Waals surface area contributed by atoms with Crippen LogP contribution >= 0.6 is 0 Å². The standard InChI is InChI=1S/C21H19FN2O5/c1-23-19(26)14-5-3-4-6-16(14)24-18(25)9-10-21(23,24)20(27)29-12-13-7-8-17(28-2)15(22)11-13/h3-8,11H,9-10,12H2,1-2H3/t21-/m1/s1. The van der Waals surface area contributed by atoms with Crippen LogP contribution in [-0.2, 0) is 20.9 Å². The first-order chi connectivity index (χ1) is 13.9. The number of ether oxygens (including phenoxy) is 2. The summed E-state index contributed by atoms with van der Waals surface area (Å²) in [5.41, 5.74) is -0.376. The molecule has 0 spiro atoms. The van der Waals surface area contributed by atoms with Gasteiger partial charge in [-0.2, -0.15) is 0 Å². The van der Waals surface area contributed by atoms with E-state index in [9.17, 15) is 18.8 Å². The second-order valence-corrected chi connectivity index (χ2v) is 6.97. The van der Waals surface area contributed by atoms with Gasteiger partial charge in [0.15, 0.2) is 11.6 Å². The monoisotopic (exact) mass is 398 g/mol. The third kappa shape index (κ3) is 2.74. The Morgan fingerprint density at radius 3 is 2.69 bits per heavy atom. The fourth-order valence-electron chi connectivity index (χ4n) is 3.96. The quantitative estimate of drug-likeness (QED) is 0.740. The second-order valence-electron chi connectivity index (χ2n) is 6.97. The van der Waals surface area contributed by atoms with E-state index in [1.165, 1.54) is 36.1 Å². The molecule has 0 aliphatic carbocycles. The smallest absolute Gasteiger partial charge is 0.354 e. The number of benzene rings is 2. The van der Waals surface area contributed by atoms with Crippen LogP contribution in [0.5, 0.6) is 5.75 Å². The van der Waals surface area contributed by atoms with Crippen LogP contribution in [0.25, 0.3) is 0 Å². The molecule has 2 aromatic rings. The maximum atomic E-state index is 13.9. The van der Waals surface area contributed by atoms with Gasteiger partial charge in [-0.05, 0) is 29.8 Å². The number of para-hydroxylation sites is 1. The normalized spacial score (nSPS) is 20.4. The SMILES string of the molecule is COc1ccc(COC(=O)[C@@]23CCC(=O)N2c2ccccc2C(=O)N3C)cc1F. The fraction of sp³-hybridized carbons (Fsp3) is 0.286. The molecule has 1 atom stereocenters. The van der Waals surface area contributed by atoms with Crippen LogP contribution in [0, 0.1) is 5.82 Å². The number of fused-ring (bicyclic) bond motifs is 3. The first-order valence-electron chi connectivity index (χ1n) is 9.10. The van der Waals surface area contributed by atoms with Crippen molar-refractivity contribution in [2.24, 2.45) is 0 Å². The Morgan fingerprint density at radius 1 is 1.21 bits per heavy atom. The third-order valence-electron chi connectivity index (χ3n) is 5.45. The molecule has 0 N–H and O–H groups in total. The Bertz CT molecular complexity index is 1020. The van der Waals surface area contributed by atoms with E-state index in [-0.39, 0.29) is 37.0 Å². The van der Waals surface area contributed by atoms with Crippen molar-refractivity contribution in [1.82, 2.24) is 4.90 Å². The van der Waals surface area contributed by atoms with Crippen molar-refractivity contribution in [1.29, 1.82) is 0 Å². The highest BCUT2D eigenvalue weighted by Gasteiger charge is 2.60. The first-order valence-corrected chi connectivity index (χ1v) is 9.10. The van der Waals surface area contributed by atoms with Crippen molar-refractivity contribution in [2.75, 3.05) is 19.1 Å². The summed E-state index contributed by atoms with van der Waals surface area (Å²) in [7, 11) is 2.84. The van der Waals surface area contributed by atoms with Gasteiger partial charge in [0.2, 0.25) is 11.6 Å². The average Bonchev–Trinajstić information content (AvgIpc) is 3.09. The van der Waals surface area contributed by atoms with Gasteiger partial charge < -0.3 is 14.4 Å². The van der Waals surface area contributed by atoms with Crippen LogP contribution in [0.2, 0.25) is 0 Å². The highest BCUT2D eigenvalue weighted by Crippen LogP contribution is 2.44. The number of hydrogen-bond acceptors (Lipinski definition) is 5. The van der Waals surface area contributed by atoms with Crippen LogP contribution in [0.3, 0.4) is 0 Å². The van der Waals surface area contributed by atoms with Gasteiger partial charge in [0.25, 0.3) is 5.91 Å². The summed E-state index contributed by atoms with van der Waals surface area (Å²) in [6, 6.07) is 10.9. The molecule has 1 saturated heterocycles. The predicted molar refractivity (Wildman–Crippen MR) is 101 cm³/mol. The molecular formula is C21H19FN2O5. The van der Waals surface area contributed by atoms with Crippen molar-refractivity contribution in [3.63, 3.8) is 0 Å². The van der Waals surface area contributed by atoms with Gasteiger partial charge in [-0.3, -0.25) is 14.5 Å². The number of hydrogen-bond donors (Lipinski definition) is 0. The van der Waals surface area contributed by atoms with Crippen LogP contribution in [0.15, 0.2) is 42.5 Å². The number of carbonyl (C=O) groups excluding carboxylic acids is 3. The zero-order chi connectivity index (χ0) is 20.8. The van der Waals surface area contributed by atoms with Crippen LogP contribution in [0.4, 0.5) is 10.1 Å². The van der Waals surface area contributed by atoms with E-state index >= 15 is 0 Å². The molecular weight excluding hydrogens is 379 g/mol. The van der Waals surface area contributed by atoms with Crippen LogP contribution in [0.1, 0.15) is 28.8 Å². The maximum Gasteiger partial charge on any atom is 0.354 e. The maximum absolute atomic E-state index is 13.9. The van der Waals surface area contributed by atoms with Gasteiger partial charge >= 0.3 is 5.97 Å². The minimum Gasteiger partial charge on any atom is -0.494 e. The summed E-state index contributed by atoms with van der Waals surface area (Å²) in [4.78, 5) is 41.3. The van der Waals surface area contributed by atoms with Gasteiger partial charge in [0.1, 0.15) is 6.61 Å². The number of halogens is 1. The number of anilines is 1. The van der Waals surface area contributed by atoms with Crippen LogP contribution < -0.4 is 9.64 Å². The minimum absolute atomic E-state index is 0.0838. The van der Waals surface area contributed by atoms with Gasteiger partial charge in [0.05, 0.1) is 18.4 Å². The fourth-order valence-corrected chi connectivity index (χ4v) is 3.96. The number of rotatable bonds is 4. The summed E-state index contributed by atoms with van der Waals surface area (Å²) in [6.45, 7) is -0.201. The lowest BCUT2D eigenvalue weighted by atomic mass is 9.97. The molecule has 8 heteroatoms. The Kier molecular flexibility index (Phi) is 4.49. The Balaban J connectivity index is 1.65. The summed E-state index contributed by atoms with van der Waals surface area (Å²) < 4.78 is 24.2. The van der Waals surface area contributed by atoms with Crippen LogP contribution in [-0.4, -0.2) is 42.5 Å². The first kappa shape index (κ1) is 18.9. The Labute approximate surface area is 166 Å². The number of carbonyl (C=O) groups is 3. The van der Waals surface area contributed by atoms with E-state index < -0.39 is 17.4 Å². The number of nitrogens with zero attached hydrogens (tertiary/aromatic N) is 2.